The smallest absolute Gasteiger partial charge is 0.202 e. The highest BCUT2D eigenvalue weighted by Gasteiger charge is 2.50. The second-order valence-corrected chi connectivity index (χ2v) is 12.6. The molecule has 1 fully saturated rings. The van der Waals surface area contributed by atoms with Crippen LogP contribution in [0, 0.1) is 11.3 Å². The molecular weight excluding hydrogens is 636 g/mol. The Balaban J connectivity index is 1.42. The number of hydrogen-bond donors (Lipinski definition) is 5. The van der Waals surface area contributed by atoms with Crippen LogP contribution in [-0.4, -0.2) is 98.2 Å². The van der Waals surface area contributed by atoms with E-state index in [2.05, 4.69) is 6.07 Å². The molecule has 0 bridgehead atoms. The molecule has 13 heteroatoms. The predicted molar refractivity (Wildman–Crippen MR) is 170 cm³/mol. The van der Waals surface area contributed by atoms with Gasteiger partial charge in [-0.1, -0.05) is 42.5 Å². The summed E-state index contributed by atoms with van der Waals surface area (Å²) in [6, 6.07) is 15.2. The molecule has 6 rings (SSSR count). The van der Waals surface area contributed by atoms with E-state index in [1.165, 1.54) is 25.3 Å². The van der Waals surface area contributed by atoms with Gasteiger partial charge in [0.1, 0.15) is 29.5 Å². The maximum absolute atomic E-state index is 13.9. The van der Waals surface area contributed by atoms with Crippen LogP contribution in [-0.2, 0) is 27.2 Å². The lowest BCUT2D eigenvalue weighted by Crippen LogP contribution is -2.55. The molecule has 5 N–H and O–H groups in total. The van der Waals surface area contributed by atoms with Crippen LogP contribution < -0.4 is 4.74 Å². The summed E-state index contributed by atoms with van der Waals surface area (Å²) in [6.07, 6.45) is -5.49. The number of carbonyl (C=O) groups is 3. The first-order valence-electron chi connectivity index (χ1n) is 15.8. The lowest BCUT2D eigenvalue weighted by molar-refractivity contribution is -0.258. The summed E-state index contributed by atoms with van der Waals surface area (Å²) >= 11 is 0. The number of carbonyl (C=O) groups excluding carboxylic acids is 3. The summed E-state index contributed by atoms with van der Waals surface area (Å²) in [5.74, 6) is -3.88. The fourth-order valence-electron chi connectivity index (χ4n) is 7.25. The summed E-state index contributed by atoms with van der Waals surface area (Å²) < 4.78 is 17.7. The van der Waals surface area contributed by atoms with Crippen molar-refractivity contribution in [2.75, 3.05) is 20.3 Å². The van der Waals surface area contributed by atoms with E-state index in [9.17, 15) is 45.2 Å². The van der Waals surface area contributed by atoms with Gasteiger partial charge in [0.15, 0.2) is 17.9 Å². The summed E-state index contributed by atoms with van der Waals surface area (Å²) in [5.41, 5.74) is -2.90. The van der Waals surface area contributed by atoms with Crippen molar-refractivity contribution >= 4 is 17.3 Å². The van der Waals surface area contributed by atoms with E-state index in [0.29, 0.717) is 6.54 Å². The van der Waals surface area contributed by atoms with Gasteiger partial charge in [-0.05, 0) is 18.6 Å². The number of nitriles is 1. The van der Waals surface area contributed by atoms with Gasteiger partial charge in [-0.15, -0.1) is 0 Å². The largest absolute Gasteiger partial charge is 0.507 e. The van der Waals surface area contributed by atoms with Gasteiger partial charge in [-0.2, -0.15) is 5.26 Å². The fraction of sp³-hybridized carbons (Fsp3) is 0.389. The quantitative estimate of drug-likeness (QED) is 0.128. The van der Waals surface area contributed by atoms with Gasteiger partial charge < -0.3 is 39.7 Å². The number of aliphatic hydroxyl groups is 3. The van der Waals surface area contributed by atoms with Crippen molar-refractivity contribution in [1.82, 2.24) is 4.90 Å². The molecule has 3 aromatic carbocycles. The number of nitrogens with zero attached hydrogens (tertiary/aromatic N) is 2. The molecule has 0 saturated carbocycles. The summed E-state index contributed by atoms with van der Waals surface area (Å²) in [6.45, 7) is 0.869. The van der Waals surface area contributed by atoms with Crippen LogP contribution in [0.3, 0.4) is 0 Å². The van der Waals surface area contributed by atoms with Crippen LogP contribution in [0.15, 0.2) is 48.5 Å². The van der Waals surface area contributed by atoms with E-state index in [1.807, 2.05) is 30.3 Å². The second kappa shape index (κ2) is 13.3. The predicted octanol–water partition coefficient (Wildman–Crippen LogP) is 2.07. The SMILES string of the molecule is COc1cccc2c1C(=O)c1c(O)c3c(c(O)c1C2=O)C[C@@](O)(C(=O)CO)C[C@@H]3OC1CC(N(CC#N)Cc2ccccc2)C(O)C(C)O1. The zero-order valence-electron chi connectivity index (χ0n) is 26.8. The van der Waals surface area contributed by atoms with Gasteiger partial charge in [-0.3, -0.25) is 19.3 Å². The molecule has 1 heterocycles. The minimum atomic E-state index is -2.30. The Kier molecular flexibility index (Phi) is 9.29. The number of phenols is 2. The lowest BCUT2D eigenvalue weighted by Gasteiger charge is -2.45. The van der Waals surface area contributed by atoms with E-state index < -0.39 is 95.7 Å². The molecule has 3 aliphatic rings. The van der Waals surface area contributed by atoms with Crippen LogP contribution >= 0.6 is 0 Å². The Labute approximate surface area is 281 Å². The van der Waals surface area contributed by atoms with Gasteiger partial charge in [0, 0.05) is 48.5 Å². The molecule has 0 spiro atoms. The molecule has 1 saturated heterocycles. The third kappa shape index (κ3) is 5.86. The van der Waals surface area contributed by atoms with Crippen LogP contribution in [0.4, 0.5) is 0 Å². The monoisotopic (exact) mass is 672 g/mol. The van der Waals surface area contributed by atoms with Crippen molar-refractivity contribution in [1.29, 1.82) is 5.26 Å². The first-order chi connectivity index (χ1) is 23.4. The van der Waals surface area contributed by atoms with Crippen LogP contribution in [0.5, 0.6) is 17.2 Å². The third-order valence-corrected chi connectivity index (χ3v) is 9.70. The Bertz CT molecular complexity index is 1860. The van der Waals surface area contributed by atoms with Gasteiger partial charge in [-0.25, -0.2) is 0 Å². The molecule has 0 amide bonds. The normalized spacial score (nSPS) is 26.0. The number of phenolic OH excluding ortho intramolecular Hbond substituents is 2. The second-order valence-electron chi connectivity index (χ2n) is 12.6. The highest BCUT2D eigenvalue weighted by molar-refractivity contribution is 6.31. The minimum absolute atomic E-state index is 0.0118. The van der Waals surface area contributed by atoms with Gasteiger partial charge in [0.2, 0.25) is 5.78 Å². The Hall–Kier alpha value is -4.68. The van der Waals surface area contributed by atoms with Crippen LogP contribution in [0.1, 0.15) is 74.4 Å². The summed E-state index contributed by atoms with van der Waals surface area (Å²) in [4.78, 5) is 42.3. The fourth-order valence-corrected chi connectivity index (χ4v) is 7.25. The molecule has 6 atom stereocenters. The molecular formula is C36H36N2O11. The van der Waals surface area contributed by atoms with E-state index in [-0.39, 0.29) is 41.0 Å². The van der Waals surface area contributed by atoms with Crippen molar-refractivity contribution < 1.29 is 54.1 Å². The van der Waals surface area contributed by atoms with Crippen molar-refractivity contribution in [3.63, 3.8) is 0 Å². The van der Waals surface area contributed by atoms with Crippen molar-refractivity contribution in [3.8, 4) is 23.3 Å². The number of benzene rings is 3. The molecule has 256 valence electrons. The van der Waals surface area contributed by atoms with E-state index in [1.54, 1.807) is 11.8 Å². The number of methoxy groups -OCH3 is 1. The van der Waals surface area contributed by atoms with Crippen LogP contribution in [0.2, 0.25) is 0 Å². The number of aromatic hydroxyl groups is 2. The summed E-state index contributed by atoms with van der Waals surface area (Å²) in [5, 5.41) is 65.4. The topological polar surface area (TPSA) is 207 Å². The van der Waals surface area contributed by atoms with E-state index in [4.69, 9.17) is 14.2 Å². The standard InChI is InChI=1S/C36H36N2O11/c1-18-31(41)22(38(12-11-37)16-19-7-4-3-5-8-19)13-26(48-18)49-24-15-36(46,25(40)17-39)14-21-28(24)35(45)30-29(33(21)43)32(42)20-9-6-10-23(47-2)27(20)34(30)44/h3-10,18,22,24,26,31,39,41,43,45-46H,12-17H2,1-2H3/t18?,22?,24-,26?,31?,36-/m0/s1. The molecule has 1 aliphatic heterocycles. The molecule has 3 aromatic rings. The third-order valence-electron chi connectivity index (χ3n) is 9.70. The molecule has 13 nitrogen and oxygen atoms in total. The van der Waals surface area contributed by atoms with Crippen molar-refractivity contribution in [3.05, 3.63) is 87.5 Å². The molecule has 0 aromatic heterocycles. The van der Waals surface area contributed by atoms with Gasteiger partial charge >= 0.3 is 0 Å². The number of ketones is 3. The number of aliphatic hydroxyl groups excluding tert-OH is 2. The first-order valence-corrected chi connectivity index (χ1v) is 15.8. The lowest BCUT2D eigenvalue weighted by atomic mass is 9.72. The summed E-state index contributed by atoms with van der Waals surface area (Å²) in [7, 11) is 1.32. The average molecular weight is 673 g/mol. The first kappa shape index (κ1) is 34.2. The van der Waals surface area contributed by atoms with Crippen molar-refractivity contribution in [2.24, 2.45) is 0 Å². The number of Topliss-reactive ketones (excluding diaryl/α,β-unsaturated/α-hetero) is 1. The molecule has 49 heavy (non-hydrogen) atoms. The Morgan fingerprint density at radius 3 is 2.45 bits per heavy atom. The number of hydrogen-bond acceptors (Lipinski definition) is 13. The van der Waals surface area contributed by atoms with Gasteiger partial charge in [0.25, 0.3) is 0 Å². The number of ether oxygens (including phenoxy) is 3. The van der Waals surface area contributed by atoms with Gasteiger partial charge in [0.05, 0.1) is 54.7 Å². The molecule has 2 aliphatic carbocycles. The average Bonchev–Trinajstić information content (AvgIpc) is 3.09. The maximum Gasteiger partial charge on any atom is 0.202 e. The molecule has 4 unspecified atom stereocenters. The van der Waals surface area contributed by atoms with Crippen LogP contribution in [0.25, 0.3) is 0 Å². The Morgan fingerprint density at radius 1 is 1.06 bits per heavy atom. The zero-order valence-corrected chi connectivity index (χ0v) is 26.8. The maximum atomic E-state index is 13.9. The zero-order chi connectivity index (χ0) is 35.2. The van der Waals surface area contributed by atoms with Crippen molar-refractivity contribution in [2.45, 2.75) is 69.0 Å². The Morgan fingerprint density at radius 2 is 1.78 bits per heavy atom. The van der Waals surface area contributed by atoms with E-state index >= 15 is 0 Å². The number of rotatable bonds is 9. The highest BCUT2D eigenvalue weighted by atomic mass is 16.7. The molecule has 0 radical (unpaired) electrons. The number of fused-ring (bicyclic) bond motifs is 3. The highest BCUT2D eigenvalue weighted by Crippen LogP contribution is 2.52. The minimum Gasteiger partial charge on any atom is -0.507 e. The van der Waals surface area contributed by atoms with E-state index in [0.717, 1.165) is 5.56 Å².